The Morgan fingerprint density at radius 1 is 0.761 bits per heavy atom. The highest BCUT2D eigenvalue weighted by Gasteiger charge is 2.51. The zero-order valence-corrected chi connectivity index (χ0v) is 26.3. The number of carbonyl (C=O) groups is 4. The van der Waals surface area contributed by atoms with Gasteiger partial charge in [0.05, 0.1) is 24.3 Å². The van der Waals surface area contributed by atoms with E-state index in [1.54, 1.807) is 69.3 Å². The molecule has 1 atom stereocenters. The second-order valence-electron chi connectivity index (χ2n) is 12.5. The summed E-state index contributed by atoms with van der Waals surface area (Å²) in [5.41, 5.74) is 2.53. The zero-order chi connectivity index (χ0) is 33.1. The van der Waals surface area contributed by atoms with Crippen molar-refractivity contribution in [1.82, 2.24) is 5.32 Å². The number of amides is 3. The number of rotatable bonds is 8. The molecule has 0 spiro atoms. The van der Waals surface area contributed by atoms with E-state index in [0.29, 0.717) is 17.1 Å². The fourth-order valence-corrected chi connectivity index (χ4v) is 5.47. The quantitative estimate of drug-likeness (QED) is 0.204. The Morgan fingerprint density at radius 3 is 1.93 bits per heavy atom. The molecule has 236 valence electrons. The number of benzene rings is 4. The highest BCUT2D eigenvalue weighted by Crippen LogP contribution is 2.44. The lowest BCUT2D eigenvalue weighted by molar-refractivity contribution is -0.149. The molecule has 0 aromatic heterocycles. The SMILES string of the molecule is CC(C)(C)OC(=O)NCc1ccc(N2C(=O)C(C)(CC(=O)O)C(=O)N(Cc3ccc(-c4ccccc4)cc3)c3ccccc32)cc1. The predicted molar refractivity (Wildman–Crippen MR) is 177 cm³/mol. The van der Waals surface area contributed by atoms with Crippen molar-refractivity contribution in [3.63, 3.8) is 0 Å². The van der Waals surface area contributed by atoms with Gasteiger partial charge in [-0.3, -0.25) is 19.3 Å². The van der Waals surface area contributed by atoms with E-state index in [4.69, 9.17) is 4.74 Å². The van der Waals surface area contributed by atoms with Gasteiger partial charge >= 0.3 is 12.1 Å². The van der Waals surface area contributed by atoms with Gasteiger partial charge in [-0.15, -0.1) is 0 Å². The number of alkyl carbamates (subject to hydrolysis) is 1. The summed E-state index contributed by atoms with van der Waals surface area (Å²) in [6.07, 6.45) is -1.23. The molecule has 1 unspecified atom stereocenters. The summed E-state index contributed by atoms with van der Waals surface area (Å²) < 4.78 is 5.30. The maximum Gasteiger partial charge on any atom is 0.407 e. The number of fused-ring (bicyclic) bond motifs is 1. The average molecular weight is 620 g/mol. The molecule has 9 nitrogen and oxygen atoms in total. The fraction of sp³-hybridized carbons (Fsp3) is 0.243. The van der Waals surface area contributed by atoms with Gasteiger partial charge in [0.25, 0.3) is 0 Å². The first-order valence-corrected chi connectivity index (χ1v) is 15.0. The van der Waals surface area contributed by atoms with Crippen molar-refractivity contribution in [2.45, 2.75) is 52.8 Å². The van der Waals surface area contributed by atoms with Crippen molar-refractivity contribution in [2.75, 3.05) is 9.80 Å². The van der Waals surface area contributed by atoms with Crippen molar-refractivity contribution in [3.8, 4) is 11.1 Å². The molecule has 1 aliphatic heterocycles. The molecule has 4 aromatic carbocycles. The minimum atomic E-state index is -1.90. The Hall–Kier alpha value is -5.44. The molecule has 9 heteroatoms. The van der Waals surface area contributed by atoms with Gasteiger partial charge in [-0.1, -0.05) is 78.9 Å². The van der Waals surface area contributed by atoms with E-state index in [9.17, 15) is 24.3 Å². The Bertz CT molecular complexity index is 1750. The van der Waals surface area contributed by atoms with Crippen LogP contribution in [-0.2, 0) is 32.2 Å². The third-order valence-corrected chi connectivity index (χ3v) is 7.74. The maximum absolute atomic E-state index is 14.4. The second kappa shape index (κ2) is 12.9. The predicted octanol–water partition coefficient (Wildman–Crippen LogP) is 7.07. The first kappa shape index (κ1) is 32.0. The highest BCUT2D eigenvalue weighted by atomic mass is 16.6. The molecular formula is C37H37N3O6. The number of aliphatic carboxylic acids is 1. The minimum absolute atomic E-state index is 0.135. The van der Waals surface area contributed by atoms with Gasteiger partial charge in [-0.2, -0.15) is 0 Å². The van der Waals surface area contributed by atoms with Gasteiger partial charge in [-0.25, -0.2) is 4.79 Å². The molecule has 2 N–H and O–H groups in total. The third-order valence-electron chi connectivity index (χ3n) is 7.74. The molecule has 1 heterocycles. The van der Waals surface area contributed by atoms with Crippen LogP contribution in [-0.4, -0.2) is 34.6 Å². The number of hydrogen-bond acceptors (Lipinski definition) is 5. The molecule has 0 saturated heterocycles. The Morgan fingerprint density at radius 2 is 1.33 bits per heavy atom. The van der Waals surface area contributed by atoms with Crippen molar-refractivity contribution in [2.24, 2.45) is 5.41 Å². The van der Waals surface area contributed by atoms with Gasteiger partial charge in [0.2, 0.25) is 11.8 Å². The van der Waals surface area contributed by atoms with E-state index in [1.165, 1.54) is 16.7 Å². The summed E-state index contributed by atoms with van der Waals surface area (Å²) >= 11 is 0. The smallest absolute Gasteiger partial charge is 0.407 e. The molecular weight excluding hydrogens is 582 g/mol. The number of carboxylic acids is 1. The number of anilines is 3. The van der Waals surface area contributed by atoms with Crippen LogP contribution in [0, 0.1) is 5.41 Å². The molecule has 0 bridgehead atoms. The number of carbonyl (C=O) groups excluding carboxylic acids is 3. The number of nitrogens with zero attached hydrogens (tertiary/aromatic N) is 2. The number of para-hydroxylation sites is 2. The Labute approximate surface area is 268 Å². The highest BCUT2D eigenvalue weighted by molar-refractivity contribution is 6.23. The van der Waals surface area contributed by atoms with Crippen molar-refractivity contribution in [3.05, 3.63) is 114 Å². The van der Waals surface area contributed by atoms with Crippen molar-refractivity contribution >= 4 is 40.9 Å². The summed E-state index contributed by atoms with van der Waals surface area (Å²) in [6, 6.07) is 31.8. The summed E-state index contributed by atoms with van der Waals surface area (Å²) in [5, 5.41) is 12.6. The van der Waals surface area contributed by atoms with E-state index in [-0.39, 0.29) is 13.1 Å². The van der Waals surface area contributed by atoms with Gasteiger partial charge < -0.3 is 20.1 Å². The first-order chi connectivity index (χ1) is 21.9. The number of ether oxygens (including phenoxy) is 1. The van der Waals surface area contributed by atoms with Crippen LogP contribution in [0.3, 0.4) is 0 Å². The minimum Gasteiger partial charge on any atom is -0.481 e. The number of nitrogens with one attached hydrogen (secondary N) is 1. The lowest BCUT2D eigenvalue weighted by atomic mass is 9.83. The molecule has 1 aliphatic rings. The molecule has 5 rings (SSSR count). The monoisotopic (exact) mass is 619 g/mol. The number of carboxylic acid groups (broad SMARTS) is 1. The third kappa shape index (κ3) is 6.94. The van der Waals surface area contributed by atoms with Crippen LogP contribution in [0.25, 0.3) is 11.1 Å². The van der Waals surface area contributed by atoms with Crippen LogP contribution >= 0.6 is 0 Å². The molecule has 0 radical (unpaired) electrons. The van der Waals surface area contributed by atoms with Crippen LogP contribution in [0.1, 0.15) is 45.2 Å². The normalized spacial score (nSPS) is 16.4. The maximum atomic E-state index is 14.4. The lowest BCUT2D eigenvalue weighted by Crippen LogP contribution is -2.50. The van der Waals surface area contributed by atoms with Crippen LogP contribution in [0.5, 0.6) is 0 Å². The van der Waals surface area contributed by atoms with E-state index in [1.807, 2.05) is 54.6 Å². The second-order valence-corrected chi connectivity index (χ2v) is 12.5. The fourth-order valence-electron chi connectivity index (χ4n) is 5.47. The standard InChI is InChI=1S/C37H37N3O6/c1-36(2,3)46-35(45)38-23-25-16-20-29(21-17-25)40-31-13-9-8-12-30(31)39(33(43)37(4,34(40)44)22-32(41)42)24-26-14-18-28(19-15-26)27-10-6-5-7-11-27/h5-21H,22-24H2,1-4H3,(H,38,45)(H,41,42). The van der Waals surface area contributed by atoms with E-state index < -0.39 is 41.3 Å². The molecule has 0 fully saturated rings. The van der Waals surface area contributed by atoms with Gasteiger partial charge in [0, 0.05) is 12.2 Å². The zero-order valence-electron chi connectivity index (χ0n) is 26.3. The molecule has 0 aliphatic carbocycles. The molecule has 0 saturated carbocycles. The van der Waals surface area contributed by atoms with Crippen LogP contribution in [0.4, 0.5) is 21.9 Å². The van der Waals surface area contributed by atoms with Crippen molar-refractivity contribution < 1.29 is 29.0 Å². The molecule has 46 heavy (non-hydrogen) atoms. The van der Waals surface area contributed by atoms with E-state index in [2.05, 4.69) is 5.32 Å². The summed E-state index contributed by atoms with van der Waals surface area (Å²) in [6.45, 7) is 7.08. The van der Waals surface area contributed by atoms with E-state index in [0.717, 1.165) is 22.3 Å². The number of hydrogen-bond donors (Lipinski definition) is 2. The summed E-state index contributed by atoms with van der Waals surface area (Å²) in [7, 11) is 0. The van der Waals surface area contributed by atoms with E-state index >= 15 is 0 Å². The largest absolute Gasteiger partial charge is 0.481 e. The lowest BCUT2D eigenvalue weighted by Gasteiger charge is -2.31. The summed E-state index contributed by atoms with van der Waals surface area (Å²) in [5.74, 6) is -2.50. The van der Waals surface area contributed by atoms with Crippen LogP contribution < -0.4 is 15.1 Å². The molecule has 3 amide bonds. The Kier molecular flexibility index (Phi) is 8.96. The molecule has 4 aromatic rings. The van der Waals surface area contributed by atoms with Gasteiger partial charge in [-0.05, 0) is 74.2 Å². The average Bonchev–Trinajstić information content (AvgIpc) is 3.08. The first-order valence-electron chi connectivity index (χ1n) is 15.0. The van der Waals surface area contributed by atoms with Crippen LogP contribution in [0.15, 0.2) is 103 Å². The Balaban J connectivity index is 1.49. The summed E-state index contributed by atoms with van der Waals surface area (Å²) in [4.78, 5) is 55.8. The van der Waals surface area contributed by atoms with Gasteiger partial charge in [0.1, 0.15) is 11.0 Å². The topological polar surface area (TPSA) is 116 Å². The van der Waals surface area contributed by atoms with Crippen molar-refractivity contribution in [1.29, 1.82) is 0 Å². The van der Waals surface area contributed by atoms with Gasteiger partial charge in [0.15, 0.2) is 0 Å². The van der Waals surface area contributed by atoms with Crippen LogP contribution in [0.2, 0.25) is 0 Å².